The van der Waals surface area contributed by atoms with E-state index in [1.165, 1.54) is 23.1 Å². The summed E-state index contributed by atoms with van der Waals surface area (Å²) >= 11 is 2.77. The summed E-state index contributed by atoms with van der Waals surface area (Å²) < 4.78 is 1.61. The van der Waals surface area contributed by atoms with Gasteiger partial charge in [-0.3, -0.25) is 14.2 Å². The zero-order valence-electron chi connectivity index (χ0n) is 15.7. The van der Waals surface area contributed by atoms with Gasteiger partial charge in [-0.1, -0.05) is 68.9 Å². The highest BCUT2D eigenvalue weighted by molar-refractivity contribution is 7.99. The van der Waals surface area contributed by atoms with Crippen LogP contribution in [0.1, 0.15) is 20.8 Å². The first kappa shape index (κ1) is 19.6. The molecule has 0 aliphatic heterocycles. The van der Waals surface area contributed by atoms with Crippen LogP contribution in [0.4, 0.5) is 0 Å². The fourth-order valence-corrected chi connectivity index (χ4v) is 4.74. The molecule has 0 amide bonds. The van der Waals surface area contributed by atoms with Gasteiger partial charge in [-0.15, -0.1) is 17.9 Å². The maximum absolute atomic E-state index is 13.2. The third kappa shape index (κ3) is 4.06. The first-order chi connectivity index (χ1) is 12.8. The van der Waals surface area contributed by atoms with Crippen molar-refractivity contribution in [1.29, 1.82) is 0 Å². The molecule has 140 valence electrons. The second-order valence-electron chi connectivity index (χ2n) is 7.26. The second kappa shape index (κ2) is 7.82. The Kier molecular flexibility index (Phi) is 5.67. The normalized spacial score (nSPS) is 11.7. The predicted molar refractivity (Wildman–Crippen MR) is 115 cm³/mol. The van der Waals surface area contributed by atoms with Gasteiger partial charge in [0.05, 0.1) is 11.1 Å². The number of aromatic nitrogens is 2. The van der Waals surface area contributed by atoms with Gasteiger partial charge < -0.3 is 0 Å². The topological polar surface area (TPSA) is 52.0 Å². The van der Waals surface area contributed by atoms with Crippen LogP contribution in [0.25, 0.3) is 21.3 Å². The van der Waals surface area contributed by atoms with E-state index in [-0.39, 0.29) is 17.1 Å². The number of allylic oxidation sites excluding steroid dienone is 1. The van der Waals surface area contributed by atoms with E-state index in [9.17, 15) is 9.59 Å². The lowest BCUT2D eigenvalue weighted by Crippen LogP contribution is -2.25. The summed E-state index contributed by atoms with van der Waals surface area (Å²) in [5.41, 5.74) is 1.39. The maximum atomic E-state index is 13.2. The minimum Gasteiger partial charge on any atom is -0.298 e. The van der Waals surface area contributed by atoms with Crippen molar-refractivity contribution in [3.8, 4) is 11.1 Å². The van der Waals surface area contributed by atoms with E-state index in [0.717, 1.165) is 11.1 Å². The summed E-state index contributed by atoms with van der Waals surface area (Å²) in [6.07, 6.45) is 1.68. The van der Waals surface area contributed by atoms with E-state index in [0.29, 0.717) is 21.9 Å². The van der Waals surface area contributed by atoms with Crippen LogP contribution in [-0.2, 0) is 11.3 Å². The highest BCUT2D eigenvalue weighted by Gasteiger charge is 2.23. The average Bonchev–Trinajstić information content (AvgIpc) is 3.06. The minimum absolute atomic E-state index is 0.0919. The molecule has 0 aliphatic rings. The molecule has 0 radical (unpaired) electrons. The van der Waals surface area contributed by atoms with Gasteiger partial charge >= 0.3 is 0 Å². The number of thioether (sulfide) groups is 1. The van der Waals surface area contributed by atoms with Gasteiger partial charge in [-0.05, 0) is 5.56 Å². The molecule has 0 unspecified atom stereocenters. The van der Waals surface area contributed by atoms with Crippen LogP contribution in [0.3, 0.4) is 0 Å². The molecule has 2 heterocycles. The molecule has 0 aliphatic carbocycles. The van der Waals surface area contributed by atoms with E-state index < -0.39 is 5.41 Å². The minimum atomic E-state index is -0.413. The fourth-order valence-electron chi connectivity index (χ4n) is 2.58. The van der Waals surface area contributed by atoms with E-state index in [1.54, 1.807) is 10.6 Å². The summed E-state index contributed by atoms with van der Waals surface area (Å²) in [4.78, 5) is 30.9. The molecule has 0 N–H and O–H groups in total. The smallest absolute Gasteiger partial charge is 0.263 e. The molecule has 0 spiro atoms. The summed E-state index contributed by atoms with van der Waals surface area (Å²) in [5, 5.41) is 3.16. The Bertz CT molecular complexity index is 1040. The van der Waals surface area contributed by atoms with Crippen molar-refractivity contribution in [2.75, 3.05) is 5.75 Å². The molecule has 0 bridgehead atoms. The van der Waals surface area contributed by atoms with E-state index in [4.69, 9.17) is 4.98 Å². The number of rotatable bonds is 6. The highest BCUT2D eigenvalue weighted by Crippen LogP contribution is 2.32. The van der Waals surface area contributed by atoms with Gasteiger partial charge in [-0.25, -0.2) is 4.98 Å². The molecule has 4 nitrogen and oxygen atoms in total. The van der Waals surface area contributed by atoms with Crippen molar-refractivity contribution in [3.63, 3.8) is 0 Å². The quantitative estimate of drug-likeness (QED) is 0.332. The standard InChI is InChI=1S/C21H22N2O2S2/c1-5-11-23-19(25)17-15(14-9-7-6-8-10-14)12-26-18(17)22-20(23)27-13-16(24)21(2,3)4/h5-10,12H,1,11,13H2,2-4H3. The Morgan fingerprint density at radius 3 is 2.63 bits per heavy atom. The Morgan fingerprint density at radius 2 is 2.00 bits per heavy atom. The first-order valence-electron chi connectivity index (χ1n) is 8.67. The molecule has 0 saturated carbocycles. The van der Waals surface area contributed by atoms with Crippen LogP contribution in [0.2, 0.25) is 0 Å². The Balaban J connectivity index is 2.08. The number of fused-ring (bicyclic) bond motifs is 1. The van der Waals surface area contributed by atoms with Crippen LogP contribution >= 0.6 is 23.1 Å². The van der Waals surface area contributed by atoms with Gasteiger partial charge in [0.25, 0.3) is 5.56 Å². The SMILES string of the molecule is C=CCn1c(SCC(=O)C(C)(C)C)nc2scc(-c3ccccc3)c2c1=O. The molecule has 3 rings (SSSR count). The van der Waals surface area contributed by atoms with Gasteiger partial charge in [0.2, 0.25) is 0 Å². The monoisotopic (exact) mass is 398 g/mol. The molecule has 0 saturated heterocycles. The van der Waals surface area contributed by atoms with E-state index >= 15 is 0 Å². The number of benzene rings is 1. The number of hydrogen-bond acceptors (Lipinski definition) is 5. The van der Waals surface area contributed by atoms with Crippen molar-refractivity contribution in [2.45, 2.75) is 32.5 Å². The molecule has 1 aromatic carbocycles. The van der Waals surface area contributed by atoms with E-state index in [1.807, 2.05) is 56.5 Å². The van der Waals surface area contributed by atoms with Crippen LogP contribution in [0, 0.1) is 5.41 Å². The van der Waals surface area contributed by atoms with Crippen molar-refractivity contribution in [1.82, 2.24) is 9.55 Å². The zero-order valence-corrected chi connectivity index (χ0v) is 17.3. The predicted octanol–water partition coefficient (Wildman–Crippen LogP) is 5.02. The third-order valence-electron chi connectivity index (χ3n) is 4.22. The number of carbonyl (C=O) groups is 1. The molecular formula is C21H22N2O2S2. The molecular weight excluding hydrogens is 376 g/mol. The van der Waals surface area contributed by atoms with Crippen LogP contribution in [-0.4, -0.2) is 21.1 Å². The number of hydrogen-bond donors (Lipinski definition) is 0. The highest BCUT2D eigenvalue weighted by atomic mass is 32.2. The van der Waals surface area contributed by atoms with E-state index in [2.05, 4.69) is 6.58 Å². The number of carbonyl (C=O) groups excluding carboxylic acids is 1. The van der Waals surface area contributed by atoms with Crippen LogP contribution in [0.5, 0.6) is 0 Å². The van der Waals surface area contributed by atoms with Crippen molar-refractivity contribution >= 4 is 39.1 Å². The van der Waals surface area contributed by atoms with Crippen molar-refractivity contribution in [2.24, 2.45) is 5.41 Å². The van der Waals surface area contributed by atoms with Crippen molar-refractivity contribution in [3.05, 3.63) is 58.7 Å². The summed E-state index contributed by atoms with van der Waals surface area (Å²) in [5.74, 6) is 0.415. The van der Waals surface area contributed by atoms with Crippen molar-refractivity contribution < 1.29 is 4.79 Å². The van der Waals surface area contributed by atoms with Gasteiger partial charge in [0, 0.05) is 22.9 Å². The molecule has 6 heteroatoms. The van der Waals surface area contributed by atoms with Gasteiger partial charge in [-0.2, -0.15) is 0 Å². The average molecular weight is 399 g/mol. The number of thiophene rings is 1. The fraction of sp³-hybridized carbons (Fsp3) is 0.286. The molecule has 2 aromatic heterocycles. The lowest BCUT2D eigenvalue weighted by molar-refractivity contribution is -0.123. The maximum Gasteiger partial charge on any atom is 0.263 e. The largest absolute Gasteiger partial charge is 0.298 e. The molecule has 3 aromatic rings. The number of ketones is 1. The Labute approximate surface area is 167 Å². The van der Waals surface area contributed by atoms with Crippen LogP contribution < -0.4 is 5.56 Å². The van der Waals surface area contributed by atoms with Gasteiger partial charge in [0.15, 0.2) is 5.16 Å². The molecule has 0 atom stereocenters. The number of Topliss-reactive ketones (excluding diaryl/α,β-unsaturated/α-hetero) is 1. The first-order valence-corrected chi connectivity index (χ1v) is 10.5. The lowest BCUT2D eigenvalue weighted by Gasteiger charge is -2.16. The number of nitrogens with zero attached hydrogens (tertiary/aromatic N) is 2. The van der Waals surface area contributed by atoms with Crippen LogP contribution in [0.15, 0.2) is 58.3 Å². The summed E-state index contributed by atoms with van der Waals surface area (Å²) in [6.45, 7) is 9.81. The lowest BCUT2D eigenvalue weighted by atomic mass is 9.92. The third-order valence-corrected chi connectivity index (χ3v) is 6.07. The Morgan fingerprint density at radius 1 is 1.30 bits per heavy atom. The van der Waals surface area contributed by atoms with Gasteiger partial charge in [0.1, 0.15) is 10.6 Å². The second-order valence-corrected chi connectivity index (χ2v) is 9.06. The zero-order chi connectivity index (χ0) is 19.6. The summed E-state index contributed by atoms with van der Waals surface area (Å²) in [6, 6.07) is 9.84. The molecule has 0 fully saturated rings. The Hall–Kier alpha value is -2.18. The summed E-state index contributed by atoms with van der Waals surface area (Å²) in [7, 11) is 0. The molecule has 27 heavy (non-hydrogen) atoms.